The molecule has 1 aromatic carbocycles. The van der Waals surface area contributed by atoms with Crippen LogP contribution in [-0.2, 0) is 11.2 Å². The topological polar surface area (TPSA) is 21.3 Å². The van der Waals surface area contributed by atoms with E-state index < -0.39 is 0 Å². The highest BCUT2D eigenvalue weighted by Crippen LogP contribution is 2.19. The molecule has 2 rings (SSSR count). The van der Waals surface area contributed by atoms with Crippen LogP contribution < -0.4 is 5.32 Å². The van der Waals surface area contributed by atoms with Crippen LogP contribution in [0.15, 0.2) is 36.1 Å². The molecule has 0 radical (unpaired) electrons. The Hall–Kier alpha value is -1.28. The van der Waals surface area contributed by atoms with Gasteiger partial charge in [-0.2, -0.15) is 0 Å². The Morgan fingerprint density at radius 1 is 1.32 bits per heavy atom. The Kier molecular flexibility index (Phi) is 5.46. The molecular weight excluding hydrogens is 234 g/mol. The molecule has 0 spiro atoms. The van der Waals surface area contributed by atoms with Crippen molar-refractivity contribution in [3.8, 4) is 0 Å². The molecule has 1 unspecified atom stereocenters. The van der Waals surface area contributed by atoms with Crippen LogP contribution in [-0.4, -0.2) is 19.2 Å². The number of allylic oxidation sites excluding steroid dienone is 1. The van der Waals surface area contributed by atoms with Gasteiger partial charge in [0.1, 0.15) is 5.76 Å². The van der Waals surface area contributed by atoms with Crippen molar-refractivity contribution in [2.24, 2.45) is 0 Å². The summed E-state index contributed by atoms with van der Waals surface area (Å²) in [4.78, 5) is 0. The second kappa shape index (κ2) is 7.34. The third-order valence-electron chi connectivity index (χ3n) is 3.63. The molecule has 0 fully saturated rings. The molecule has 2 nitrogen and oxygen atoms in total. The summed E-state index contributed by atoms with van der Waals surface area (Å²) in [5, 5.41) is 3.62. The predicted octanol–water partition coefficient (Wildman–Crippen LogP) is 3.60. The average molecular weight is 259 g/mol. The number of benzene rings is 1. The van der Waals surface area contributed by atoms with Crippen molar-refractivity contribution in [3.63, 3.8) is 0 Å². The van der Waals surface area contributed by atoms with Gasteiger partial charge >= 0.3 is 0 Å². The van der Waals surface area contributed by atoms with Gasteiger partial charge in [-0.3, -0.25) is 0 Å². The van der Waals surface area contributed by atoms with E-state index in [1.54, 1.807) is 0 Å². The van der Waals surface area contributed by atoms with Crippen molar-refractivity contribution in [1.82, 2.24) is 5.32 Å². The monoisotopic (exact) mass is 259 g/mol. The summed E-state index contributed by atoms with van der Waals surface area (Å²) in [6, 6.07) is 8.95. The zero-order chi connectivity index (χ0) is 13.5. The molecule has 0 aromatic heterocycles. The van der Waals surface area contributed by atoms with Gasteiger partial charge in [0, 0.05) is 0 Å². The summed E-state index contributed by atoms with van der Waals surface area (Å²) in [6.45, 7) is 6.29. The number of rotatable bonds is 6. The predicted molar refractivity (Wildman–Crippen MR) is 80.2 cm³/mol. The molecule has 1 aliphatic heterocycles. The molecule has 0 amide bonds. The zero-order valence-corrected chi connectivity index (χ0v) is 12.1. The van der Waals surface area contributed by atoms with Crippen molar-refractivity contribution >= 4 is 0 Å². The minimum Gasteiger partial charge on any atom is -0.497 e. The Balaban J connectivity index is 2.09. The smallest absolute Gasteiger partial charge is 0.109 e. The molecule has 1 aliphatic rings. The molecule has 0 aliphatic carbocycles. The second-order valence-corrected chi connectivity index (χ2v) is 5.23. The molecule has 1 heterocycles. The van der Waals surface area contributed by atoms with Gasteiger partial charge in [0.05, 0.1) is 12.6 Å². The first kappa shape index (κ1) is 14.1. The molecule has 1 atom stereocenters. The van der Waals surface area contributed by atoms with Gasteiger partial charge in [-0.05, 0) is 56.4 Å². The highest BCUT2D eigenvalue weighted by atomic mass is 16.5. The summed E-state index contributed by atoms with van der Waals surface area (Å²) in [5.74, 6) is 1.14. The largest absolute Gasteiger partial charge is 0.497 e. The van der Waals surface area contributed by atoms with Gasteiger partial charge < -0.3 is 10.1 Å². The molecule has 2 heteroatoms. The highest BCUT2D eigenvalue weighted by molar-refractivity contribution is 5.28. The molecule has 104 valence electrons. The SMILES string of the molecule is CCCNC(Cc1ccccc1C)C1=CCCCO1. The van der Waals surface area contributed by atoms with Crippen LogP contribution in [0.2, 0.25) is 0 Å². The van der Waals surface area contributed by atoms with Crippen LogP contribution in [0.3, 0.4) is 0 Å². The Labute approximate surface area is 116 Å². The maximum absolute atomic E-state index is 5.85. The van der Waals surface area contributed by atoms with Gasteiger partial charge in [0.2, 0.25) is 0 Å². The minimum absolute atomic E-state index is 0.321. The van der Waals surface area contributed by atoms with Crippen LogP contribution in [0.5, 0.6) is 0 Å². The third-order valence-corrected chi connectivity index (χ3v) is 3.63. The average Bonchev–Trinajstić information content (AvgIpc) is 2.46. The van der Waals surface area contributed by atoms with Crippen LogP contribution in [0.25, 0.3) is 0 Å². The van der Waals surface area contributed by atoms with Gasteiger partial charge in [0.25, 0.3) is 0 Å². The maximum atomic E-state index is 5.85. The first-order valence-corrected chi connectivity index (χ1v) is 7.42. The van der Waals surface area contributed by atoms with Gasteiger partial charge in [-0.1, -0.05) is 31.2 Å². The van der Waals surface area contributed by atoms with Crippen molar-refractivity contribution in [3.05, 3.63) is 47.2 Å². The molecule has 0 saturated heterocycles. The number of aryl methyl sites for hydroxylation is 1. The molecule has 1 aromatic rings. The Morgan fingerprint density at radius 2 is 2.16 bits per heavy atom. The Bertz CT molecular complexity index is 425. The van der Waals surface area contributed by atoms with Crippen molar-refractivity contribution in [2.45, 2.75) is 45.6 Å². The van der Waals surface area contributed by atoms with E-state index >= 15 is 0 Å². The van der Waals surface area contributed by atoms with E-state index in [0.717, 1.165) is 44.6 Å². The van der Waals surface area contributed by atoms with Crippen LogP contribution >= 0.6 is 0 Å². The van der Waals surface area contributed by atoms with E-state index in [1.165, 1.54) is 11.1 Å². The number of hydrogen-bond donors (Lipinski definition) is 1. The molecular formula is C17H25NO. The zero-order valence-electron chi connectivity index (χ0n) is 12.1. The first-order chi connectivity index (χ1) is 9.31. The fourth-order valence-corrected chi connectivity index (χ4v) is 2.47. The van der Waals surface area contributed by atoms with E-state index in [0.29, 0.717) is 6.04 Å². The highest BCUT2D eigenvalue weighted by Gasteiger charge is 2.18. The second-order valence-electron chi connectivity index (χ2n) is 5.23. The number of ether oxygens (including phenoxy) is 1. The van der Waals surface area contributed by atoms with E-state index in [-0.39, 0.29) is 0 Å². The summed E-state index contributed by atoms with van der Waals surface area (Å²) < 4.78 is 5.85. The van der Waals surface area contributed by atoms with Gasteiger partial charge in [-0.15, -0.1) is 0 Å². The summed E-state index contributed by atoms with van der Waals surface area (Å²) in [6.07, 6.45) is 6.72. The van der Waals surface area contributed by atoms with Crippen molar-refractivity contribution in [1.29, 1.82) is 0 Å². The maximum Gasteiger partial charge on any atom is 0.109 e. The minimum atomic E-state index is 0.321. The summed E-state index contributed by atoms with van der Waals surface area (Å²) in [5.41, 5.74) is 2.77. The number of hydrogen-bond acceptors (Lipinski definition) is 2. The lowest BCUT2D eigenvalue weighted by Gasteiger charge is -2.25. The molecule has 0 saturated carbocycles. The quantitative estimate of drug-likeness (QED) is 0.843. The Morgan fingerprint density at radius 3 is 2.84 bits per heavy atom. The molecule has 19 heavy (non-hydrogen) atoms. The fraction of sp³-hybridized carbons (Fsp3) is 0.529. The third kappa shape index (κ3) is 4.10. The van der Waals surface area contributed by atoms with Crippen LogP contribution in [0, 0.1) is 6.92 Å². The number of nitrogens with one attached hydrogen (secondary N) is 1. The van der Waals surface area contributed by atoms with Crippen molar-refractivity contribution in [2.75, 3.05) is 13.2 Å². The van der Waals surface area contributed by atoms with Crippen LogP contribution in [0.4, 0.5) is 0 Å². The van der Waals surface area contributed by atoms with E-state index in [2.05, 4.69) is 49.5 Å². The first-order valence-electron chi connectivity index (χ1n) is 7.42. The lowest BCUT2D eigenvalue weighted by Crippen LogP contribution is -2.35. The van der Waals surface area contributed by atoms with Gasteiger partial charge in [-0.25, -0.2) is 0 Å². The molecule has 0 bridgehead atoms. The standard InChI is InChI=1S/C17H25NO/c1-3-11-18-16(17-10-6-7-12-19-17)13-15-9-5-4-8-14(15)2/h4-5,8-10,16,18H,3,6-7,11-13H2,1-2H3. The summed E-state index contributed by atoms with van der Waals surface area (Å²) >= 11 is 0. The van der Waals surface area contributed by atoms with Crippen molar-refractivity contribution < 1.29 is 4.74 Å². The van der Waals surface area contributed by atoms with E-state index in [9.17, 15) is 0 Å². The lowest BCUT2D eigenvalue weighted by molar-refractivity contribution is 0.167. The fourth-order valence-electron chi connectivity index (χ4n) is 2.47. The lowest BCUT2D eigenvalue weighted by atomic mass is 9.98. The van der Waals surface area contributed by atoms with Crippen LogP contribution in [0.1, 0.15) is 37.3 Å². The van der Waals surface area contributed by atoms with E-state index in [4.69, 9.17) is 4.74 Å². The molecule has 1 N–H and O–H groups in total. The van der Waals surface area contributed by atoms with E-state index in [1.807, 2.05) is 0 Å². The summed E-state index contributed by atoms with van der Waals surface area (Å²) in [7, 11) is 0. The van der Waals surface area contributed by atoms with Gasteiger partial charge in [0.15, 0.2) is 0 Å². The normalized spacial score (nSPS) is 16.6.